The molecule has 1 N–H and O–H groups in total. The van der Waals surface area contributed by atoms with Crippen LogP contribution >= 0.6 is 0 Å². The summed E-state index contributed by atoms with van der Waals surface area (Å²) in [5.41, 5.74) is 0.577. The predicted molar refractivity (Wildman–Crippen MR) is 141 cm³/mol. The van der Waals surface area contributed by atoms with Crippen LogP contribution in [0.4, 0.5) is 0 Å². The number of carbonyl (C=O) groups excluding carboxylic acids is 1. The third-order valence-electron chi connectivity index (χ3n) is 6.84. The van der Waals surface area contributed by atoms with E-state index in [-0.39, 0.29) is 17.4 Å². The number of rotatable bonds is 7. The van der Waals surface area contributed by atoms with Crippen LogP contribution in [0.15, 0.2) is 65.6 Å². The maximum absolute atomic E-state index is 14.1. The number of methoxy groups -OCH3 is 2. The van der Waals surface area contributed by atoms with Crippen molar-refractivity contribution in [3.63, 3.8) is 0 Å². The highest BCUT2D eigenvalue weighted by atomic mass is 16.5. The van der Waals surface area contributed by atoms with Crippen molar-refractivity contribution in [2.45, 2.75) is 25.8 Å². The highest BCUT2D eigenvalue weighted by Gasteiger charge is 2.34. The standard InChI is InChI=1S/C28H29N5O5/c1-4-32-16-14-20(30-32)25-29-26(34)23(27(35)31-15-13-19(17-31)18-9-6-5-7-10-18)28(36)33(25)24-21(37-2)11-8-12-22(24)38-3/h5-12,14,16,19,34H,4,13,15,17H2,1-3H3/t19-/m1/s1. The molecule has 0 radical (unpaired) electrons. The van der Waals surface area contributed by atoms with Crippen LogP contribution in [0.2, 0.25) is 0 Å². The Labute approximate surface area is 219 Å². The molecule has 38 heavy (non-hydrogen) atoms. The van der Waals surface area contributed by atoms with E-state index in [1.54, 1.807) is 40.0 Å². The van der Waals surface area contributed by atoms with E-state index >= 15 is 0 Å². The van der Waals surface area contributed by atoms with Gasteiger partial charge in [-0.25, -0.2) is 0 Å². The molecule has 3 heterocycles. The molecule has 196 valence electrons. The van der Waals surface area contributed by atoms with E-state index in [4.69, 9.17) is 9.47 Å². The summed E-state index contributed by atoms with van der Waals surface area (Å²) in [5.74, 6) is -0.356. The van der Waals surface area contributed by atoms with Crippen molar-refractivity contribution in [3.05, 3.63) is 82.3 Å². The van der Waals surface area contributed by atoms with Gasteiger partial charge in [-0.15, -0.1) is 0 Å². The summed E-state index contributed by atoms with van der Waals surface area (Å²) in [7, 11) is 2.95. The molecule has 4 aromatic rings. The van der Waals surface area contributed by atoms with Gasteiger partial charge in [-0.3, -0.25) is 18.8 Å². The Hall–Kier alpha value is -4.60. The smallest absolute Gasteiger partial charge is 0.275 e. The molecule has 1 amide bonds. The third kappa shape index (κ3) is 4.38. The largest absolute Gasteiger partial charge is 0.494 e. The van der Waals surface area contributed by atoms with E-state index in [0.717, 1.165) is 12.0 Å². The zero-order chi connectivity index (χ0) is 26.8. The quantitative estimate of drug-likeness (QED) is 0.401. The predicted octanol–water partition coefficient (Wildman–Crippen LogP) is 3.47. The van der Waals surface area contributed by atoms with Crippen molar-refractivity contribution in [3.8, 4) is 34.6 Å². The zero-order valence-electron chi connectivity index (χ0n) is 21.5. The van der Waals surface area contributed by atoms with Gasteiger partial charge in [0.25, 0.3) is 11.5 Å². The molecule has 10 nitrogen and oxygen atoms in total. The third-order valence-corrected chi connectivity index (χ3v) is 6.84. The van der Waals surface area contributed by atoms with Crippen LogP contribution in [0.3, 0.4) is 0 Å². The average molecular weight is 516 g/mol. The molecule has 0 bridgehead atoms. The minimum Gasteiger partial charge on any atom is -0.494 e. The van der Waals surface area contributed by atoms with Gasteiger partial charge in [0.1, 0.15) is 22.9 Å². The SMILES string of the molecule is CCn1ccc(-c2nc(O)c(C(=O)N3CC[C@@H](c4ccccc4)C3)c(=O)n2-c2c(OC)cccc2OC)n1. The Morgan fingerprint density at radius 3 is 2.39 bits per heavy atom. The van der Waals surface area contributed by atoms with Crippen LogP contribution in [0.5, 0.6) is 17.4 Å². The Kier molecular flexibility index (Phi) is 6.87. The van der Waals surface area contributed by atoms with E-state index < -0.39 is 22.9 Å². The normalized spacial score (nSPS) is 15.0. The van der Waals surface area contributed by atoms with Gasteiger partial charge < -0.3 is 19.5 Å². The summed E-state index contributed by atoms with van der Waals surface area (Å²) in [5, 5.41) is 15.4. The van der Waals surface area contributed by atoms with Gasteiger partial charge in [0.15, 0.2) is 11.4 Å². The van der Waals surface area contributed by atoms with E-state index in [2.05, 4.69) is 10.1 Å². The van der Waals surface area contributed by atoms with Crippen LogP contribution in [0, 0.1) is 0 Å². The number of aryl methyl sites for hydroxylation is 1. The number of aromatic nitrogens is 4. The molecule has 0 spiro atoms. The highest BCUT2D eigenvalue weighted by molar-refractivity contribution is 5.96. The van der Waals surface area contributed by atoms with Crippen LogP contribution in [-0.4, -0.2) is 62.6 Å². The van der Waals surface area contributed by atoms with Gasteiger partial charge in [-0.05, 0) is 37.1 Å². The number of likely N-dealkylation sites (tertiary alicyclic amines) is 1. The average Bonchev–Trinajstić information content (AvgIpc) is 3.63. The van der Waals surface area contributed by atoms with Crippen molar-refractivity contribution in [1.82, 2.24) is 24.2 Å². The van der Waals surface area contributed by atoms with Gasteiger partial charge in [-0.2, -0.15) is 10.1 Å². The Morgan fingerprint density at radius 1 is 1.05 bits per heavy atom. The number of ether oxygens (including phenoxy) is 2. The zero-order valence-corrected chi connectivity index (χ0v) is 21.5. The molecule has 5 rings (SSSR count). The monoisotopic (exact) mass is 515 g/mol. The molecular weight excluding hydrogens is 486 g/mol. The summed E-state index contributed by atoms with van der Waals surface area (Å²) >= 11 is 0. The second-order valence-corrected chi connectivity index (χ2v) is 8.99. The summed E-state index contributed by atoms with van der Waals surface area (Å²) < 4.78 is 14.0. The van der Waals surface area contributed by atoms with Crippen molar-refractivity contribution >= 4 is 5.91 Å². The number of para-hydroxylation sites is 1. The molecule has 1 aliphatic heterocycles. The fraction of sp³-hybridized carbons (Fsp3) is 0.286. The van der Waals surface area contributed by atoms with E-state index in [0.29, 0.717) is 36.8 Å². The summed E-state index contributed by atoms with van der Waals surface area (Å²) in [6.45, 7) is 3.42. The maximum Gasteiger partial charge on any atom is 0.275 e. The van der Waals surface area contributed by atoms with Crippen molar-refractivity contribution in [2.75, 3.05) is 27.3 Å². The van der Waals surface area contributed by atoms with Gasteiger partial charge >= 0.3 is 0 Å². The molecule has 0 saturated carbocycles. The van der Waals surface area contributed by atoms with E-state index in [9.17, 15) is 14.7 Å². The Balaban J connectivity index is 1.66. The lowest BCUT2D eigenvalue weighted by Crippen LogP contribution is -2.36. The molecule has 10 heteroatoms. The minimum atomic E-state index is -0.741. The molecule has 2 aromatic heterocycles. The second-order valence-electron chi connectivity index (χ2n) is 8.99. The van der Waals surface area contributed by atoms with Crippen LogP contribution < -0.4 is 15.0 Å². The number of carbonyl (C=O) groups is 1. The lowest BCUT2D eigenvalue weighted by molar-refractivity contribution is 0.0784. The summed E-state index contributed by atoms with van der Waals surface area (Å²) in [4.78, 5) is 33.7. The van der Waals surface area contributed by atoms with Crippen molar-refractivity contribution in [2.24, 2.45) is 0 Å². The Morgan fingerprint density at radius 2 is 1.76 bits per heavy atom. The number of amides is 1. The number of aromatic hydroxyl groups is 1. The topological polar surface area (TPSA) is 112 Å². The second kappa shape index (κ2) is 10.4. The first-order valence-electron chi connectivity index (χ1n) is 12.4. The fourth-order valence-electron chi connectivity index (χ4n) is 4.89. The number of hydrogen-bond acceptors (Lipinski definition) is 7. The van der Waals surface area contributed by atoms with Gasteiger partial charge in [0.2, 0.25) is 5.88 Å². The van der Waals surface area contributed by atoms with Crippen LogP contribution in [-0.2, 0) is 6.54 Å². The molecule has 0 aliphatic carbocycles. The molecule has 0 unspecified atom stereocenters. The van der Waals surface area contributed by atoms with Crippen molar-refractivity contribution < 1.29 is 19.4 Å². The summed E-state index contributed by atoms with van der Waals surface area (Å²) in [6, 6.07) is 16.7. The van der Waals surface area contributed by atoms with Gasteiger partial charge in [-0.1, -0.05) is 36.4 Å². The molecule has 1 fully saturated rings. The summed E-state index contributed by atoms with van der Waals surface area (Å²) in [6.07, 6.45) is 2.50. The van der Waals surface area contributed by atoms with Crippen LogP contribution in [0.25, 0.3) is 17.2 Å². The Bertz CT molecular complexity index is 1510. The van der Waals surface area contributed by atoms with Gasteiger partial charge in [0.05, 0.1) is 14.2 Å². The van der Waals surface area contributed by atoms with E-state index in [1.165, 1.54) is 18.8 Å². The molecule has 2 aromatic carbocycles. The van der Waals surface area contributed by atoms with Crippen molar-refractivity contribution in [1.29, 1.82) is 0 Å². The van der Waals surface area contributed by atoms with Crippen LogP contribution in [0.1, 0.15) is 35.2 Å². The first-order valence-corrected chi connectivity index (χ1v) is 12.4. The molecule has 1 aliphatic rings. The minimum absolute atomic E-state index is 0.0580. The molecule has 1 atom stereocenters. The number of benzene rings is 2. The first-order chi connectivity index (χ1) is 18.5. The lowest BCUT2D eigenvalue weighted by atomic mass is 9.99. The number of nitrogens with zero attached hydrogens (tertiary/aromatic N) is 5. The van der Waals surface area contributed by atoms with E-state index in [1.807, 2.05) is 37.3 Å². The lowest BCUT2D eigenvalue weighted by Gasteiger charge is -2.20. The first kappa shape index (κ1) is 25.1. The number of hydrogen-bond donors (Lipinski definition) is 1. The van der Waals surface area contributed by atoms with Gasteiger partial charge in [0, 0.05) is 31.7 Å². The molecular formula is C28H29N5O5. The highest BCUT2D eigenvalue weighted by Crippen LogP contribution is 2.35. The molecule has 1 saturated heterocycles. The fourth-order valence-corrected chi connectivity index (χ4v) is 4.89. The maximum atomic E-state index is 14.1.